The van der Waals surface area contributed by atoms with Crippen molar-refractivity contribution in [2.45, 2.75) is 20.0 Å². The fourth-order valence-corrected chi connectivity index (χ4v) is 2.74. The number of benzene rings is 1. The largest absolute Gasteiger partial charge is 0.295 e. The first kappa shape index (κ1) is 9.20. The lowest BCUT2D eigenvalue weighted by atomic mass is 10.1. The average molecular weight is 178 g/mol. The lowest BCUT2D eigenvalue weighted by molar-refractivity contribution is 0.101. The highest BCUT2D eigenvalue weighted by atomic mass is 28.3. The van der Waals surface area contributed by atoms with Gasteiger partial charge < -0.3 is 0 Å². The summed E-state index contributed by atoms with van der Waals surface area (Å²) in [7, 11) is -0.845. The van der Waals surface area contributed by atoms with E-state index in [-0.39, 0.29) is 5.78 Å². The van der Waals surface area contributed by atoms with Gasteiger partial charge in [-0.2, -0.15) is 0 Å². The van der Waals surface area contributed by atoms with Crippen LogP contribution in [0.15, 0.2) is 24.3 Å². The minimum absolute atomic E-state index is 0.187. The van der Waals surface area contributed by atoms with Crippen LogP contribution in [0.25, 0.3) is 0 Å². The molecule has 0 saturated heterocycles. The van der Waals surface area contributed by atoms with E-state index in [4.69, 9.17) is 0 Å². The Kier molecular flexibility index (Phi) is 2.81. The van der Waals surface area contributed by atoms with Crippen molar-refractivity contribution >= 4 is 19.8 Å². The molecule has 2 heteroatoms. The number of hydrogen-bond acceptors (Lipinski definition) is 1. The molecule has 0 amide bonds. The van der Waals surface area contributed by atoms with Crippen molar-refractivity contribution in [3.05, 3.63) is 29.8 Å². The second-order valence-corrected chi connectivity index (χ2v) is 6.23. The van der Waals surface area contributed by atoms with E-state index in [2.05, 4.69) is 19.2 Å². The molecule has 0 fully saturated rings. The first-order chi connectivity index (χ1) is 5.63. The van der Waals surface area contributed by atoms with E-state index < -0.39 is 8.80 Å². The van der Waals surface area contributed by atoms with Crippen LogP contribution in [0.5, 0.6) is 0 Å². The van der Waals surface area contributed by atoms with Crippen molar-refractivity contribution in [2.75, 3.05) is 0 Å². The van der Waals surface area contributed by atoms with Crippen LogP contribution in [0, 0.1) is 0 Å². The molecule has 0 N–H and O–H groups in total. The fourth-order valence-electron chi connectivity index (χ4n) is 1.32. The topological polar surface area (TPSA) is 17.1 Å². The van der Waals surface area contributed by atoms with Crippen molar-refractivity contribution in [2.24, 2.45) is 0 Å². The predicted octanol–water partition coefficient (Wildman–Crippen LogP) is 1.58. The van der Waals surface area contributed by atoms with E-state index in [1.807, 2.05) is 18.2 Å². The number of carbonyl (C=O) groups excluding carboxylic acids is 1. The Morgan fingerprint density at radius 1 is 1.25 bits per heavy atom. The van der Waals surface area contributed by atoms with Gasteiger partial charge in [0.2, 0.25) is 0 Å². The van der Waals surface area contributed by atoms with Crippen LogP contribution >= 0.6 is 0 Å². The minimum atomic E-state index is -0.845. The zero-order chi connectivity index (χ0) is 9.14. The second-order valence-electron chi connectivity index (χ2n) is 3.30. The molecule has 0 aromatic heterocycles. The van der Waals surface area contributed by atoms with Gasteiger partial charge in [-0.25, -0.2) is 0 Å². The quantitative estimate of drug-likeness (QED) is 0.496. The number of Topliss-reactive ketones (excluding diaryl/α,β-unsaturated/α-hetero) is 1. The third kappa shape index (κ3) is 1.83. The molecule has 0 aliphatic heterocycles. The summed E-state index contributed by atoms with van der Waals surface area (Å²) in [5.41, 5.74) is 0.916. The van der Waals surface area contributed by atoms with E-state index in [9.17, 15) is 4.79 Å². The molecule has 0 aliphatic rings. The molecule has 1 aromatic carbocycles. The molecular formula is C10H14OSi. The van der Waals surface area contributed by atoms with Gasteiger partial charge in [-0.05, 0) is 6.92 Å². The number of carbonyl (C=O) groups is 1. The van der Waals surface area contributed by atoms with Crippen LogP contribution in [0.1, 0.15) is 17.3 Å². The van der Waals surface area contributed by atoms with Gasteiger partial charge in [0.05, 0.1) is 8.80 Å². The Bertz CT molecular complexity index is 292. The third-order valence-electron chi connectivity index (χ3n) is 1.96. The molecule has 0 bridgehead atoms. The summed E-state index contributed by atoms with van der Waals surface area (Å²) >= 11 is 0. The monoisotopic (exact) mass is 178 g/mol. The molecule has 0 atom stereocenters. The van der Waals surface area contributed by atoms with Gasteiger partial charge in [-0.15, -0.1) is 0 Å². The summed E-state index contributed by atoms with van der Waals surface area (Å²) < 4.78 is 0. The van der Waals surface area contributed by atoms with Crippen molar-refractivity contribution < 1.29 is 4.79 Å². The summed E-state index contributed by atoms with van der Waals surface area (Å²) in [6.45, 7) is 6.11. The highest BCUT2D eigenvalue weighted by Gasteiger charge is 2.08. The molecule has 1 aromatic rings. The molecule has 0 saturated carbocycles. The lowest BCUT2D eigenvalue weighted by Gasteiger charge is -2.08. The van der Waals surface area contributed by atoms with Gasteiger partial charge in [-0.3, -0.25) is 4.79 Å². The maximum atomic E-state index is 11.2. The van der Waals surface area contributed by atoms with Gasteiger partial charge in [0.1, 0.15) is 0 Å². The number of rotatable bonds is 2. The fraction of sp³-hybridized carbons (Fsp3) is 0.300. The van der Waals surface area contributed by atoms with Crippen molar-refractivity contribution in [1.29, 1.82) is 0 Å². The minimum Gasteiger partial charge on any atom is -0.295 e. The van der Waals surface area contributed by atoms with Crippen LogP contribution in [0.4, 0.5) is 0 Å². The van der Waals surface area contributed by atoms with E-state index in [1.165, 1.54) is 5.19 Å². The molecular weight excluding hydrogens is 164 g/mol. The van der Waals surface area contributed by atoms with Crippen LogP contribution in [-0.2, 0) is 0 Å². The Hall–Kier alpha value is -0.893. The molecule has 1 nitrogen and oxygen atoms in total. The Balaban J connectivity index is 3.17. The van der Waals surface area contributed by atoms with Gasteiger partial charge in [-0.1, -0.05) is 42.5 Å². The molecule has 64 valence electrons. The molecule has 0 spiro atoms. The first-order valence-corrected chi connectivity index (χ1v) is 7.11. The maximum absolute atomic E-state index is 11.2. The first-order valence-electron chi connectivity index (χ1n) is 4.22. The van der Waals surface area contributed by atoms with E-state index in [1.54, 1.807) is 6.92 Å². The highest BCUT2D eigenvalue weighted by molar-refractivity contribution is 6.72. The molecule has 0 radical (unpaired) electrons. The molecule has 0 heterocycles. The Labute approximate surface area is 75.0 Å². The lowest BCUT2D eigenvalue weighted by Crippen LogP contribution is -2.28. The highest BCUT2D eigenvalue weighted by Crippen LogP contribution is 1.99. The maximum Gasteiger partial charge on any atom is 0.159 e. The van der Waals surface area contributed by atoms with Crippen LogP contribution in [0.2, 0.25) is 13.1 Å². The molecule has 0 unspecified atom stereocenters. The summed E-state index contributed by atoms with van der Waals surface area (Å²) in [6, 6.07) is 7.93. The summed E-state index contributed by atoms with van der Waals surface area (Å²) in [5, 5.41) is 1.28. The molecule has 12 heavy (non-hydrogen) atoms. The summed E-state index contributed by atoms with van der Waals surface area (Å²) in [5.74, 6) is 0.187. The molecule has 1 rings (SSSR count). The van der Waals surface area contributed by atoms with Crippen LogP contribution < -0.4 is 5.19 Å². The van der Waals surface area contributed by atoms with Crippen molar-refractivity contribution in [1.82, 2.24) is 0 Å². The zero-order valence-electron chi connectivity index (χ0n) is 7.79. The smallest absolute Gasteiger partial charge is 0.159 e. The SMILES string of the molecule is CC(=O)c1ccccc1[SiH](C)C. The Morgan fingerprint density at radius 3 is 2.25 bits per heavy atom. The Morgan fingerprint density at radius 2 is 1.83 bits per heavy atom. The summed E-state index contributed by atoms with van der Waals surface area (Å²) in [6.07, 6.45) is 0. The van der Waals surface area contributed by atoms with Crippen molar-refractivity contribution in [3.8, 4) is 0 Å². The number of ketones is 1. The standard InChI is InChI=1S/C10H14OSi/c1-8(11)9-6-4-5-7-10(9)12(2)3/h4-7,12H,1-3H3. The van der Waals surface area contributed by atoms with Gasteiger partial charge in [0.15, 0.2) is 5.78 Å². The summed E-state index contributed by atoms with van der Waals surface area (Å²) in [4.78, 5) is 11.2. The predicted molar refractivity (Wildman–Crippen MR) is 55.0 cm³/mol. The van der Waals surface area contributed by atoms with Crippen LogP contribution in [0.3, 0.4) is 0 Å². The average Bonchev–Trinajstić information content (AvgIpc) is 2.04. The third-order valence-corrected chi connectivity index (χ3v) is 3.71. The van der Waals surface area contributed by atoms with E-state index in [0.29, 0.717) is 0 Å². The zero-order valence-corrected chi connectivity index (χ0v) is 8.95. The van der Waals surface area contributed by atoms with E-state index >= 15 is 0 Å². The van der Waals surface area contributed by atoms with Crippen molar-refractivity contribution in [3.63, 3.8) is 0 Å². The molecule has 0 aliphatic carbocycles. The van der Waals surface area contributed by atoms with Gasteiger partial charge in [0, 0.05) is 5.56 Å². The van der Waals surface area contributed by atoms with E-state index in [0.717, 1.165) is 5.56 Å². The van der Waals surface area contributed by atoms with Gasteiger partial charge >= 0.3 is 0 Å². The second kappa shape index (κ2) is 3.67. The van der Waals surface area contributed by atoms with Gasteiger partial charge in [0.25, 0.3) is 0 Å². The normalized spacial score (nSPS) is 10.3. The number of hydrogen-bond donors (Lipinski definition) is 0. The van der Waals surface area contributed by atoms with Crippen LogP contribution in [-0.4, -0.2) is 14.6 Å².